The highest BCUT2D eigenvalue weighted by molar-refractivity contribution is 5.91. The standard InChI is InChI=1S/C18H20N2O/c19-17(15-6-7-15)12-18(21)20-16-10-8-14(9-11-16)13-4-2-1-3-5-13/h1-5,8-11,15,17H,6-7,12,19H2,(H,20,21). The Morgan fingerprint density at radius 2 is 1.67 bits per heavy atom. The monoisotopic (exact) mass is 280 g/mol. The van der Waals surface area contributed by atoms with Gasteiger partial charge in [-0.15, -0.1) is 0 Å². The fourth-order valence-electron chi connectivity index (χ4n) is 2.49. The molecule has 3 rings (SSSR count). The van der Waals surface area contributed by atoms with Gasteiger partial charge in [-0.2, -0.15) is 0 Å². The predicted octanol–water partition coefficient (Wildman–Crippen LogP) is 3.42. The largest absolute Gasteiger partial charge is 0.327 e. The summed E-state index contributed by atoms with van der Waals surface area (Å²) in [5.41, 5.74) is 9.11. The highest BCUT2D eigenvalue weighted by Gasteiger charge is 2.29. The summed E-state index contributed by atoms with van der Waals surface area (Å²) < 4.78 is 0. The highest BCUT2D eigenvalue weighted by Crippen LogP contribution is 2.32. The Morgan fingerprint density at radius 1 is 1.05 bits per heavy atom. The summed E-state index contributed by atoms with van der Waals surface area (Å²) >= 11 is 0. The van der Waals surface area contributed by atoms with Gasteiger partial charge in [-0.3, -0.25) is 4.79 Å². The van der Waals surface area contributed by atoms with Crippen molar-refractivity contribution in [2.24, 2.45) is 11.7 Å². The van der Waals surface area contributed by atoms with E-state index in [1.54, 1.807) is 0 Å². The number of nitrogens with two attached hydrogens (primary N) is 1. The van der Waals surface area contributed by atoms with Gasteiger partial charge in [0.05, 0.1) is 0 Å². The van der Waals surface area contributed by atoms with Crippen LogP contribution in [0.2, 0.25) is 0 Å². The van der Waals surface area contributed by atoms with Crippen LogP contribution in [0.25, 0.3) is 11.1 Å². The van der Waals surface area contributed by atoms with Crippen molar-refractivity contribution in [3.05, 3.63) is 54.6 Å². The minimum atomic E-state index is 0.00172. The van der Waals surface area contributed by atoms with Gasteiger partial charge in [0.1, 0.15) is 0 Å². The summed E-state index contributed by atoms with van der Waals surface area (Å²) in [5, 5.41) is 2.92. The Labute approximate surface area is 125 Å². The number of carbonyl (C=O) groups excluding carboxylic acids is 1. The minimum Gasteiger partial charge on any atom is -0.327 e. The van der Waals surface area contributed by atoms with Crippen molar-refractivity contribution >= 4 is 11.6 Å². The third-order valence-electron chi connectivity index (χ3n) is 3.92. The molecule has 21 heavy (non-hydrogen) atoms. The van der Waals surface area contributed by atoms with Crippen molar-refractivity contribution in [3.63, 3.8) is 0 Å². The zero-order valence-corrected chi connectivity index (χ0v) is 12.0. The molecule has 3 heteroatoms. The first-order valence-corrected chi connectivity index (χ1v) is 7.43. The molecule has 3 N–H and O–H groups in total. The molecule has 0 spiro atoms. The molecule has 1 aliphatic rings. The van der Waals surface area contributed by atoms with E-state index < -0.39 is 0 Å². The normalized spacial score (nSPS) is 15.5. The lowest BCUT2D eigenvalue weighted by atomic mass is 10.1. The van der Waals surface area contributed by atoms with Crippen LogP contribution in [0.15, 0.2) is 54.6 Å². The molecule has 0 saturated heterocycles. The van der Waals surface area contributed by atoms with Gasteiger partial charge in [-0.25, -0.2) is 0 Å². The molecule has 0 radical (unpaired) electrons. The molecular formula is C18H20N2O. The highest BCUT2D eigenvalue weighted by atomic mass is 16.1. The molecule has 1 aliphatic carbocycles. The van der Waals surface area contributed by atoms with Gasteiger partial charge >= 0.3 is 0 Å². The number of hydrogen-bond donors (Lipinski definition) is 2. The van der Waals surface area contributed by atoms with Crippen LogP contribution in [0.3, 0.4) is 0 Å². The van der Waals surface area contributed by atoms with E-state index in [0.717, 1.165) is 11.3 Å². The predicted molar refractivity (Wildman–Crippen MR) is 85.8 cm³/mol. The molecule has 1 fully saturated rings. The van der Waals surface area contributed by atoms with E-state index >= 15 is 0 Å². The number of hydrogen-bond acceptors (Lipinski definition) is 2. The third-order valence-corrected chi connectivity index (χ3v) is 3.92. The Bertz CT molecular complexity index is 603. The quantitative estimate of drug-likeness (QED) is 0.881. The molecule has 108 valence electrons. The van der Waals surface area contributed by atoms with E-state index in [4.69, 9.17) is 5.73 Å². The molecule has 0 heterocycles. The summed E-state index contributed by atoms with van der Waals surface area (Å²) in [6.07, 6.45) is 2.74. The van der Waals surface area contributed by atoms with Crippen molar-refractivity contribution in [3.8, 4) is 11.1 Å². The molecule has 1 amide bonds. The van der Waals surface area contributed by atoms with E-state index in [0.29, 0.717) is 12.3 Å². The molecule has 0 bridgehead atoms. The Balaban J connectivity index is 1.60. The fraction of sp³-hybridized carbons (Fsp3) is 0.278. The second-order valence-corrected chi connectivity index (χ2v) is 5.70. The lowest BCUT2D eigenvalue weighted by molar-refractivity contribution is -0.116. The van der Waals surface area contributed by atoms with Crippen molar-refractivity contribution in [2.45, 2.75) is 25.3 Å². The van der Waals surface area contributed by atoms with E-state index in [1.807, 2.05) is 42.5 Å². The number of benzene rings is 2. The Hall–Kier alpha value is -2.13. The van der Waals surface area contributed by atoms with Crippen LogP contribution in [0.1, 0.15) is 19.3 Å². The molecule has 3 nitrogen and oxygen atoms in total. The number of amides is 1. The Kier molecular flexibility index (Phi) is 4.02. The third kappa shape index (κ3) is 3.70. The molecule has 1 saturated carbocycles. The second-order valence-electron chi connectivity index (χ2n) is 5.70. The average molecular weight is 280 g/mol. The molecule has 0 aliphatic heterocycles. The van der Waals surface area contributed by atoms with Crippen molar-refractivity contribution in [1.29, 1.82) is 0 Å². The van der Waals surface area contributed by atoms with Crippen molar-refractivity contribution < 1.29 is 4.79 Å². The topological polar surface area (TPSA) is 55.1 Å². The molecule has 1 atom stereocenters. The number of rotatable bonds is 5. The lowest BCUT2D eigenvalue weighted by Crippen LogP contribution is -2.28. The van der Waals surface area contributed by atoms with Gasteiger partial charge in [0.15, 0.2) is 0 Å². The van der Waals surface area contributed by atoms with Gasteiger partial charge in [-0.1, -0.05) is 42.5 Å². The summed E-state index contributed by atoms with van der Waals surface area (Å²) in [6, 6.07) is 18.1. The Morgan fingerprint density at radius 3 is 2.29 bits per heavy atom. The zero-order valence-electron chi connectivity index (χ0n) is 12.0. The van der Waals surface area contributed by atoms with E-state index in [-0.39, 0.29) is 11.9 Å². The maximum absolute atomic E-state index is 11.9. The van der Waals surface area contributed by atoms with Crippen LogP contribution in [-0.2, 0) is 4.79 Å². The summed E-state index contributed by atoms with van der Waals surface area (Å²) in [7, 11) is 0. The van der Waals surface area contributed by atoms with Gasteiger partial charge in [0.25, 0.3) is 0 Å². The molecule has 1 unspecified atom stereocenters. The van der Waals surface area contributed by atoms with Gasteiger partial charge in [-0.05, 0) is 42.0 Å². The number of carbonyl (C=O) groups is 1. The first-order valence-electron chi connectivity index (χ1n) is 7.43. The summed E-state index contributed by atoms with van der Waals surface area (Å²) in [5.74, 6) is 0.554. The first-order chi connectivity index (χ1) is 10.2. The van der Waals surface area contributed by atoms with Gasteiger partial charge in [0, 0.05) is 18.2 Å². The van der Waals surface area contributed by atoms with Gasteiger partial charge in [0.2, 0.25) is 5.91 Å². The van der Waals surface area contributed by atoms with Crippen LogP contribution in [0.4, 0.5) is 5.69 Å². The lowest BCUT2D eigenvalue weighted by Gasteiger charge is -2.11. The van der Waals surface area contributed by atoms with Gasteiger partial charge < -0.3 is 11.1 Å². The van der Waals surface area contributed by atoms with E-state index in [2.05, 4.69) is 17.4 Å². The van der Waals surface area contributed by atoms with Crippen LogP contribution in [0, 0.1) is 5.92 Å². The van der Waals surface area contributed by atoms with Crippen LogP contribution in [-0.4, -0.2) is 11.9 Å². The molecule has 2 aromatic rings. The zero-order chi connectivity index (χ0) is 14.7. The molecular weight excluding hydrogens is 260 g/mol. The smallest absolute Gasteiger partial charge is 0.225 e. The maximum atomic E-state index is 11.9. The molecule has 2 aromatic carbocycles. The summed E-state index contributed by atoms with van der Waals surface area (Å²) in [6.45, 7) is 0. The summed E-state index contributed by atoms with van der Waals surface area (Å²) in [4.78, 5) is 11.9. The average Bonchev–Trinajstić information content (AvgIpc) is 3.33. The fourth-order valence-corrected chi connectivity index (χ4v) is 2.49. The first kappa shape index (κ1) is 13.8. The van der Waals surface area contributed by atoms with Crippen LogP contribution in [0.5, 0.6) is 0 Å². The second kappa shape index (κ2) is 6.10. The maximum Gasteiger partial charge on any atom is 0.225 e. The minimum absolute atomic E-state index is 0.00172. The van der Waals surface area contributed by atoms with E-state index in [1.165, 1.54) is 18.4 Å². The molecule has 0 aromatic heterocycles. The van der Waals surface area contributed by atoms with Crippen LogP contribution >= 0.6 is 0 Å². The number of nitrogens with one attached hydrogen (secondary N) is 1. The van der Waals surface area contributed by atoms with Crippen LogP contribution < -0.4 is 11.1 Å². The van der Waals surface area contributed by atoms with Crippen molar-refractivity contribution in [2.75, 3.05) is 5.32 Å². The number of anilines is 1. The SMILES string of the molecule is NC(CC(=O)Nc1ccc(-c2ccccc2)cc1)C1CC1. The van der Waals surface area contributed by atoms with E-state index in [9.17, 15) is 4.79 Å². The van der Waals surface area contributed by atoms with Crippen molar-refractivity contribution in [1.82, 2.24) is 0 Å².